The first kappa shape index (κ1) is 26.2. The van der Waals surface area contributed by atoms with E-state index in [1.54, 1.807) is 12.4 Å². The van der Waals surface area contributed by atoms with Crippen LogP contribution in [0.1, 0.15) is 53.5 Å². The van der Waals surface area contributed by atoms with E-state index in [0.717, 1.165) is 48.5 Å². The van der Waals surface area contributed by atoms with Crippen LogP contribution in [-0.4, -0.2) is 62.0 Å². The lowest BCUT2D eigenvalue weighted by Gasteiger charge is -2.32. The molecule has 1 amide bonds. The number of nitrogens with one attached hydrogen (secondary N) is 1. The highest BCUT2D eigenvalue weighted by Gasteiger charge is 2.27. The van der Waals surface area contributed by atoms with Crippen LogP contribution < -0.4 is 15.1 Å². The first-order chi connectivity index (χ1) is 18.3. The van der Waals surface area contributed by atoms with Gasteiger partial charge < -0.3 is 19.5 Å². The zero-order valence-electron chi connectivity index (χ0n) is 22.0. The van der Waals surface area contributed by atoms with Crippen LogP contribution in [0.15, 0.2) is 47.1 Å². The van der Waals surface area contributed by atoms with E-state index in [1.165, 1.54) is 6.42 Å². The van der Waals surface area contributed by atoms with Crippen molar-refractivity contribution in [2.75, 3.05) is 47.5 Å². The molecule has 202 valence electrons. The summed E-state index contributed by atoms with van der Waals surface area (Å²) in [5.74, 6) is 2.03. The van der Waals surface area contributed by atoms with Crippen molar-refractivity contribution < 1.29 is 17.6 Å². The summed E-state index contributed by atoms with van der Waals surface area (Å²) in [7, 11) is -2.98. The van der Waals surface area contributed by atoms with Crippen molar-refractivity contribution >= 4 is 27.4 Å². The Balaban J connectivity index is 1.34. The van der Waals surface area contributed by atoms with Crippen LogP contribution in [0.4, 0.5) is 11.6 Å². The number of aromatic nitrogens is 2. The van der Waals surface area contributed by atoms with Crippen molar-refractivity contribution in [3.8, 4) is 0 Å². The fourth-order valence-corrected chi connectivity index (χ4v) is 6.35. The number of carbonyl (C=O) groups excluding carboxylic acids is 1. The lowest BCUT2D eigenvalue weighted by Crippen LogP contribution is -2.41. The molecule has 0 spiro atoms. The largest absolute Gasteiger partial charge is 0.464 e. The minimum absolute atomic E-state index is 0.104. The van der Waals surface area contributed by atoms with Crippen LogP contribution >= 0.6 is 0 Å². The van der Waals surface area contributed by atoms with Crippen LogP contribution in [0, 0.1) is 13.8 Å². The van der Waals surface area contributed by atoms with Crippen molar-refractivity contribution in [1.82, 2.24) is 15.3 Å². The fourth-order valence-electron chi connectivity index (χ4n) is 5.15. The molecule has 2 aliphatic rings. The average molecular weight is 538 g/mol. The molecular weight excluding hydrogens is 502 g/mol. The van der Waals surface area contributed by atoms with Crippen molar-refractivity contribution in [1.29, 1.82) is 0 Å². The standard InChI is InChI=1S/C28H35N5O4S/c1-20-6-8-24(32-10-4-3-5-11-32)23(16-20)27(25-9-7-21(2)37-25)31-26(34)17-22-18-29-28(30-19-22)33-12-14-38(35,36)15-13-33/h6-9,16,18-19,27H,3-5,10-15,17H2,1-2H3,(H,31,34). The minimum Gasteiger partial charge on any atom is -0.464 e. The Labute approximate surface area is 224 Å². The topological polar surface area (TPSA) is 109 Å². The summed E-state index contributed by atoms with van der Waals surface area (Å²) in [5, 5.41) is 3.21. The molecule has 4 heterocycles. The van der Waals surface area contributed by atoms with E-state index in [1.807, 2.05) is 24.0 Å². The molecule has 2 aromatic heterocycles. The van der Waals surface area contributed by atoms with Gasteiger partial charge >= 0.3 is 0 Å². The maximum Gasteiger partial charge on any atom is 0.225 e. The van der Waals surface area contributed by atoms with Gasteiger partial charge in [0, 0.05) is 49.8 Å². The van der Waals surface area contributed by atoms with Gasteiger partial charge in [-0.15, -0.1) is 0 Å². The number of sulfone groups is 1. The molecule has 0 aliphatic carbocycles. The Bertz CT molecular complexity index is 1370. The summed E-state index contributed by atoms with van der Waals surface area (Å²) in [6, 6.07) is 9.84. The third-order valence-corrected chi connectivity index (χ3v) is 8.83. The van der Waals surface area contributed by atoms with E-state index in [0.29, 0.717) is 30.4 Å². The SMILES string of the molecule is Cc1ccc(N2CCCCC2)c(C(NC(=O)Cc2cnc(N3CCS(=O)(=O)CC3)nc2)c2ccc(C)o2)c1. The average Bonchev–Trinajstić information content (AvgIpc) is 3.34. The van der Waals surface area contributed by atoms with Crippen LogP contribution in [0.3, 0.4) is 0 Å². The summed E-state index contributed by atoms with van der Waals surface area (Å²) in [5.41, 5.74) is 3.97. The van der Waals surface area contributed by atoms with Crippen LogP contribution in [0.25, 0.3) is 0 Å². The normalized spacial score (nSPS) is 18.3. The molecule has 38 heavy (non-hydrogen) atoms. The Morgan fingerprint density at radius 2 is 1.68 bits per heavy atom. The number of piperidine rings is 1. The number of rotatable bonds is 7. The molecule has 1 atom stereocenters. The van der Waals surface area contributed by atoms with E-state index < -0.39 is 15.9 Å². The van der Waals surface area contributed by atoms with E-state index in [-0.39, 0.29) is 23.8 Å². The molecule has 9 nitrogen and oxygen atoms in total. The van der Waals surface area contributed by atoms with E-state index >= 15 is 0 Å². The van der Waals surface area contributed by atoms with Gasteiger partial charge in [-0.25, -0.2) is 18.4 Å². The van der Waals surface area contributed by atoms with Crippen LogP contribution in [-0.2, 0) is 21.1 Å². The Morgan fingerprint density at radius 1 is 0.974 bits per heavy atom. The van der Waals surface area contributed by atoms with E-state index in [4.69, 9.17) is 4.42 Å². The fraction of sp³-hybridized carbons (Fsp3) is 0.464. The summed E-state index contributed by atoms with van der Waals surface area (Å²) < 4.78 is 29.4. The number of amides is 1. The Morgan fingerprint density at radius 3 is 2.34 bits per heavy atom. The number of hydrogen-bond acceptors (Lipinski definition) is 8. The van der Waals surface area contributed by atoms with Crippen LogP contribution in [0.5, 0.6) is 0 Å². The summed E-state index contributed by atoms with van der Waals surface area (Å²) >= 11 is 0. The first-order valence-corrected chi connectivity index (χ1v) is 15.1. The number of furan rings is 1. The lowest BCUT2D eigenvalue weighted by atomic mass is 9.97. The highest BCUT2D eigenvalue weighted by atomic mass is 32.2. The minimum atomic E-state index is -2.98. The number of carbonyl (C=O) groups is 1. The van der Waals surface area contributed by atoms with Gasteiger partial charge in [0.2, 0.25) is 11.9 Å². The molecular formula is C28H35N5O4S. The van der Waals surface area contributed by atoms with Crippen molar-refractivity contribution in [3.63, 3.8) is 0 Å². The second kappa shape index (κ2) is 11.1. The summed E-state index contributed by atoms with van der Waals surface area (Å²) in [6.07, 6.45) is 6.97. The second-order valence-electron chi connectivity index (χ2n) is 10.3. The van der Waals surface area contributed by atoms with Crippen molar-refractivity contribution in [2.45, 2.75) is 45.6 Å². The number of benzene rings is 1. The molecule has 1 unspecified atom stereocenters. The second-order valence-corrected chi connectivity index (χ2v) is 12.6. The van der Waals surface area contributed by atoms with Gasteiger partial charge in [-0.2, -0.15) is 0 Å². The quantitative estimate of drug-likeness (QED) is 0.489. The molecule has 2 aliphatic heterocycles. The van der Waals surface area contributed by atoms with Gasteiger partial charge in [0.15, 0.2) is 9.84 Å². The molecule has 5 rings (SSSR count). The predicted octanol–water partition coefficient (Wildman–Crippen LogP) is 3.36. The maximum absolute atomic E-state index is 13.3. The predicted molar refractivity (Wildman–Crippen MR) is 147 cm³/mol. The van der Waals surface area contributed by atoms with E-state index in [2.05, 4.69) is 45.3 Å². The summed E-state index contributed by atoms with van der Waals surface area (Å²) in [4.78, 5) is 26.4. The summed E-state index contributed by atoms with van der Waals surface area (Å²) in [6.45, 7) is 6.72. The van der Waals surface area contributed by atoms with Gasteiger partial charge in [0.25, 0.3) is 0 Å². The zero-order chi connectivity index (χ0) is 26.7. The third-order valence-electron chi connectivity index (χ3n) is 7.23. The molecule has 1 N–H and O–H groups in total. The number of anilines is 2. The van der Waals surface area contributed by atoms with Gasteiger partial charge in [-0.3, -0.25) is 4.79 Å². The molecule has 0 radical (unpaired) electrons. The van der Waals surface area contributed by atoms with Crippen molar-refractivity contribution in [3.05, 3.63) is 70.9 Å². The van der Waals surface area contributed by atoms with Gasteiger partial charge in [-0.1, -0.05) is 17.7 Å². The molecule has 1 aromatic carbocycles. The lowest BCUT2D eigenvalue weighted by molar-refractivity contribution is -0.121. The van der Waals surface area contributed by atoms with Crippen LogP contribution in [0.2, 0.25) is 0 Å². The van der Waals surface area contributed by atoms with E-state index in [9.17, 15) is 13.2 Å². The Hall–Kier alpha value is -3.40. The Kier molecular flexibility index (Phi) is 7.69. The van der Waals surface area contributed by atoms with Gasteiger partial charge in [0.05, 0.1) is 17.9 Å². The highest BCUT2D eigenvalue weighted by molar-refractivity contribution is 7.91. The first-order valence-electron chi connectivity index (χ1n) is 13.2. The number of aryl methyl sites for hydroxylation is 2. The molecule has 10 heteroatoms. The third kappa shape index (κ3) is 6.18. The van der Waals surface area contributed by atoms with Crippen molar-refractivity contribution in [2.24, 2.45) is 0 Å². The van der Waals surface area contributed by atoms with Gasteiger partial charge in [-0.05, 0) is 56.9 Å². The smallest absolute Gasteiger partial charge is 0.225 e. The van der Waals surface area contributed by atoms with Gasteiger partial charge in [0.1, 0.15) is 17.6 Å². The zero-order valence-corrected chi connectivity index (χ0v) is 22.8. The molecule has 3 aromatic rings. The maximum atomic E-state index is 13.3. The molecule has 2 saturated heterocycles. The number of nitrogens with zero attached hydrogens (tertiary/aromatic N) is 4. The molecule has 0 saturated carbocycles. The highest BCUT2D eigenvalue weighted by Crippen LogP contribution is 2.34. The molecule has 2 fully saturated rings. The molecule has 0 bridgehead atoms. The number of hydrogen-bond donors (Lipinski definition) is 1. The monoisotopic (exact) mass is 537 g/mol.